The molecule has 3 heterocycles. The van der Waals surface area contributed by atoms with Crippen LogP contribution in [0.2, 0.25) is 0 Å². The molecular weight excluding hydrogens is 294 g/mol. The maximum atomic E-state index is 12.3. The fourth-order valence-corrected chi connectivity index (χ4v) is 3.13. The molecule has 0 saturated heterocycles. The second kappa shape index (κ2) is 4.07. The van der Waals surface area contributed by atoms with Gasteiger partial charge in [0.15, 0.2) is 0 Å². The van der Waals surface area contributed by atoms with Crippen LogP contribution in [-0.4, -0.2) is 21.4 Å². The van der Waals surface area contributed by atoms with Crippen molar-refractivity contribution in [2.24, 2.45) is 0 Å². The van der Waals surface area contributed by atoms with Gasteiger partial charge in [-0.3, -0.25) is 14.9 Å². The van der Waals surface area contributed by atoms with Gasteiger partial charge in [0.1, 0.15) is 5.58 Å². The van der Waals surface area contributed by atoms with Crippen LogP contribution in [0.5, 0.6) is 0 Å². The molecule has 6 heteroatoms. The summed E-state index contributed by atoms with van der Waals surface area (Å²) < 4.78 is 7.39. The largest absolute Gasteiger partial charge is 0.464 e. The molecule has 23 heavy (non-hydrogen) atoms. The van der Waals surface area contributed by atoms with Gasteiger partial charge in [0, 0.05) is 39.8 Å². The number of furan rings is 1. The Kier molecular flexibility index (Phi) is 2.15. The predicted molar refractivity (Wildman–Crippen MR) is 82.6 cm³/mol. The van der Waals surface area contributed by atoms with Crippen LogP contribution in [0.1, 0.15) is 20.7 Å². The number of nitrogens with one attached hydrogen (secondary N) is 1. The molecule has 0 spiro atoms. The maximum Gasteiger partial charge on any atom is 0.258 e. The Hall–Kier alpha value is -3.41. The van der Waals surface area contributed by atoms with Gasteiger partial charge in [-0.05, 0) is 24.3 Å². The highest BCUT2D eigenvalue weighted by molar-refractivity contribution is 6.29. The van der Waals surface area contributed by atoms with Crippen molar-refractivity contribution in [3.63, 3.8) is 0 Å². The number of rotatable bonds is 1. The fourth-order valence-electron chi connectivity index (χ4n) is 3.13. The Labute approximate surface area is 129 Å². The number of nitrogens with zero attached hydrogens (tertiary/aromatic N) is 2. The lowest BCUT2D eigenvalue weighted by Gasteiger charge is -2.18. The minimum Gasteiger partial charge on any atom is -0.464 e. The summed E-state index contributed by atoms with van der Waals surface area (Å²) >= 11 is 0. The van der Waals surface area contributed by atoms with Crippen molar-refractivity contribution in [2.75, 3.05) is 0 Å². The highest BCUT2D eigenvalue weighted by Gasteiger charge is 2.27. The SMILES string of the molecule is O=C1NC(=O)c2cc3ccoc3c3cc(-n4ccnc4)cc1c23. The lowest BCUT2D eigenvalue weighted by molar-refractivity contribution is 0.0845. The van der Waals surface area contributed by atoms with Crippen molar-refractivity contribution < 1.29 is 14.0 Å². The van der Waals surface area contributed by atoms with E-state index in [-0.39, 0.29) is 5.91 Å². The summed E-state index contributed by atoms with van der Waals surface area (Å²) in [4.78, 5) is 28.5. The summed E-state index contributed by atoms with van der Waals surface area (Å²) in [5.74, 6) is -0.786. The quantitative estimate of drug-likeness (QED) is 0.548. The predicted octanol–water partition coefficient (Wildman–Crippen LogP) is 2.66. The van der Waals surface area contributed by atoms with Crippen LogP contribution in [0.4, 0.5) is 0 Å². The Balaban J connectivity index is 2.01. The molecule has 0 radical (unpaired) electrons. The van der Waals surface area contributed by atoms with Crippen molar-refractivity contribution in [1.29, 1.82) is 0 Å². The van der Waals surface area contributed by atoms with E-state index in [1.165, 1.54) is 0 Å². The number of imide groups is 1. The summed E-state index contributed by atoms with van der Waals surface area (Å²) in [6, 6.07) is 7.22. The number of fused-ring (bicyclic) bond motifs is 2. The zero-order valence-electron chi connectivity index (χ0n) is 11.7. The van der Waals surface area contributed by atoms with Crippen LogP contribution in [0.3, 0.4) is 0 Å². The third-order valence-electron chi connectivity index (χ3n) is 4.15. The standard InChI is InChI=1S/C17H9N3O3/c21-16-12-5-9-1-4-23-15(9)11-6-10(20-3-2-18-8-20)7-13(14(11)12)17(22)19-16/h1-8H,(H,19,21,22). The van der Waals surface area contributed by atoms with E-state index in [2.05, 4.69) is 10.3 Å². The fraction of sp³-hybridized carbons (Fsp3) is 0. The van der Waals surface area contributed by atoms with E-state index in [4.69, 9.17) is 4.42 Å². The highest BCUT2D eigenvalue weighted by atomic mass is 16.3. The molecule has 0 bridgehead atoms. The van der Waals surface area contributed by atoms with E-state index in [1.807, 2.05) is 6.07 Å². The molecule has 0 unspecified atom stereocenters. The number of benzene rings is 2. The van der Waals surface area contributed by atoms with Crippen LogP contribution >= 0.6 is 0 Å². The first kappa shape index (κ1) is 12.2. The van der Waals surface area contributed by atoms with E-state index in [0.717, 1.165) is 16.5 Å². The number of hydrogen-bond donors (Lipinski definition) is 1. The average molecular weight is 303 g/mol. The smallest absolute Gasteiger partial charge is 0.258 e. The van der Waals surface area contributed by atoms with Crippen molar-refractivity contribution >= 4 is 33.6 Å². The number of carbonyl (C=O) groups excluding carboxylic acids is 2. The molecule has 2 aromatic heterocycles. The van der Waals surface area contributed by atoms with E-state index in [9.17, 15) is 9.59 Å². The van der Waals surface area contributed by atoms with E-state index < -0.39 is 5.91 Å². The van der Waals surface area contributed by atoms with Crippen molar-refractivity contribution in [2.45, 2.75) is 0 Å². The molecule has 2 aromatic carbocycles. The number of amides is 2. The van der Waals surface area contributed by atoms with Gasteiger partial charge in [0.2, 0.25) is 0 Å². The Morgan fingerprint density at radius 3 is 2.70 bits per heavy atom. The third kappa shape index (κ3) is 1.54. The third-order valence-corrected chi connectivity index (χ3v) is 4.15. The molecule has 0 saturated carbocycles. The Morgan fingerprint density at radius 1 is 1.09 bits per heavy atom. The molecule has 0 fully saturated rings. The zero-order chi connectivity index (χ0) is 15.6. The van der Waals surface area contributed by atoms with Gasteiger partial charge in [0.25, 0.3) is 11.8 Å². The van der Waals surface area contributed by atoms with E-state index >= 15 is 0 Å². The van der Waals surface area contributed by atoms with E-state index in [0.29, 0.717) is 22.1 Å². The van der Waals surface area contributed by atoms with Gasteiger partial charge >= 0.3 is 0 Å². The first-order valence-corrected chi connectivity index (χ1v) is 7.04. The van der Waals surface area contributed by atoms with Crippen molar-refractivity contribution in [3.8, 4) is 5.69 Å². The second-order valence-corrected chi connectivity index (χ2v) is 5.43. The topological polar surface area (TPSA) is 77.1 Å². The molecule has 1 aliphatic heterocycles. The molecule has 1 N–H and O–H groups in total. The zero-order valence-corrected chi connectivity index (χ0v) is 11.7. The summed E-state index contributed by atoms with van der Waals surface area (Å²) in [6.07, 6.45) is 6.69. The summed E-state index contributed by atoms with van der Waals surface area (Å²) in [5.41, 5.74) is 2.39. The first-order valence-electron chi connectivity index (χ1n) is 7.04. The van der Waals surface area contributed by atoms with Gasteiger partial charge in [-0.1, -0.05) is 0 Å². The highest BCUT2D eigenvalue weighted by Crippen LogP contribution is 2.35. The van der Waals surface area contributed by atoms with Crippen LogP contribution in [0, 0.1) is 0 Å². The number of aromatic nitrogens is 2. The number of carbonyl (C=O) groups is 2. The molecule has 0 atom stereocenters. The monoisotopic (exact) mass is 303 g/mol. The van der Waals surface area contributed by atoms with Crippen molar-refractivity contribution in [3.05, 3.63) is 60.4 Å². The van der Waals surface area contributed by atoms with Gasteiger partial charge in [-0.25, -0.2) is 4.98 Å². The molecule has 110 valence electrons. The maximum absolute atomic E-state index is 12.3. The average Bonchev–Trinajstić information content (AvgIpc) is 3.22. The molecule has 6 nitrogen and oxygen atoms in total. The Morgan fingerprint density at radius 2 is 1.91 bits per heavy atom. The summed E-state index contributed by atoms with van der Waals surface area (Å²) in [5, 5.41) is 4.59. The lowest BCUT2D eigenvalue weighted by atomic mass is 9.93. The normalized spacial score (nSPS) is 13.7. The molecule has 0 aliphatic carbocycles. The second-order valence-electron chi connectivity index (χ2n) is 5.43. The summed E-state index contributed by atoms with van der Waals surface area (Å²) in [7, 11) is 0. The summed E-state index contributed by atoms with van der Waals surface area (Å²) in [6.45, 7) is 0. The van der Waals surface area contributed by atoms with Gasteiger partial charge in [-0.2, -0.15) is 0 Å². The number of hydrogen-bond acceptors (Lipinski definition) is 4. The van der Waals surface area contributed by atoms with Crippen molar-refractivity contribution in [1.82, 2.24) is 14.9 Å². The van der Waals surface area contributed by atoms with Crippen LogP contribution in [0.15, 0.2) is 53.7 Å². The number of imidazole rings is 1. The lowest BCUT2D eigenvalue weighted by Crippen LogP contribution is -2.34. The molecule has 2 amide bonds. The molecule has 1 aliphatic rings. The van der Waals surface area contributed by atoms with Gasteiger partial charge in [0.05, 0.1) is 18.2 Å². The minimum atomic E-state index is -0.402. The molecule has 5 rings (SSSR count). The van der Waals surface area contributed by atoms with Gasteiger partial charge < -0.3 is 8.98 Å². The Bertz CT molecular complexity index is 1120. The van der Waals surface area contributed by atoms with Gasteiger partial charge in [-0.15, -0.1) is 0 Å². The van der Waals surface area contributed by atoms with Crippen LogP contribution in [0.25, 0.3) is 27.4 Å². The molecule has 4 aromatic rings. The van der Waals surface area contributed by atoms with Crippen LogP contribution < -0.4 is 5.32 Å². The molecular formula is C17H9N3O3. The van der Waals surface area contributed by atoms with Crippen LogP contribution in [-0.2, 0) is 0 Å². The minimum absolute atomic E-state index is 0.383. The first-order chi connectivity index (χ1) is 11.2. The van der Waals surface area contributed by atoms with E-state index in [1.54, 1.807) is 47.8 Å².